The van der Waals surface area contributed by atoms with Gasteiger partial charge in [0, 0.05) is 13.1 Å². The van der Waals surface area contributed by atoms with E-state index in [2.05, 4.69) is 14.7 Å². The van der Waals surface area contributed by atoms with Crippen molar-refractivity contribution in [3.8, 4) is 0 Å². The fourth-order valence-electron chi connectivity index (χ4n) is 2.65. The molecule has 3 rings (SSSR count). The molecule has 1 fully saturated rings. The maximum Gasteiger partial charge on any atom is 0.258 e. The summed E-state index contributed by atoms with van der Waals surface area (Å²) in [5.74, 6) is -0.191. The van der Waals surface area contributed by atoms with E-state index in [4.69, 9.17) is 0 Å². The minimum Gasteiger partial charge on any atom is -0.337 e. The second kappa shape index (κ2) is 6.51. The summed E-state index contributed by atoms with van der Waals surface area (Å²) in [5, 5.41) is -0.0366. The first-order chi connectivity index (χ1) is 11.1. The molecule has 2 heterocycles. The molecule has 1 aliphatic heterocycles. The molecule has 0 saturated carbocycles. The van der Waals surface area contributed by atoms with Crippen LogP contribution in [-0.4, -0.2) is 41.8 Å². The highest BCUT2D eigenvalue weighted by Gasteiger charge is 2.32. The van der Waals surface area contributed by atoms with E-state index in [1.807, 2.05) is 30.3 Å². The molecule has 23 heavy (non-hydrogen) atoms. The average Bonchev–Trinajstić information content (AvgIpc) is 3.07. The van der Waals surface area contributed by atoms with E-state index in [-0.39, 0.29) is 10.9 Å². The highest BCUT2D eigenvalue weighted by atomic mass is 32.2. The Labute approximate surface area is 134 Å². The molecule has 0 bridgehead atoms. The predicted molar refractivity (Wildman–Crippen MR) is 83.8 cm³/mol. The Kier molecular flexibility index (Phi) is 4.44. The number of carbonyl (C=O) groups excluding carboxylic acids is 1. The molecular weight excluding hydrogens is 316 g/mol. The molecule has 1 aliphatic rings. The molecule has 1 atom stereocenters. The van der Waals surface area contributed by atoms with Crippen LogP contribution in [0.3, 0.4) is 0 Å². The number of aromatic nitrogens is 2. The van der Waals surface area contributed by atoms with Crippen molar-refractivity contribution in [3.05, 3.63) is 48.4 Å². The summed E-state index contributed by atoms with van der Waals surface area (Å²) < 4.78 is 26.9. The van der Waals surface area contributed by atoms with Crippen molar-refractivity contribution in [2.45, 2.75) is 30.5 Å². The molecule has 0 aliphatic carbocycles. The number of hydrogen-bond donors (Lipinski definition) is 2. The van der Waals surface area contributed by atoms with Crippen LogP contribution in [0.15, 0.2) is 47.9 Å². The molecule has 7 nitrogen and oxygen atoms in total. The summed E-state index contributed by atoms with van der Waals surface area (Å²) in [4.78, 5) is 20.5. The van der Waals surface area contributed by atoms with Crippen LogP contribution in [0, 0.1) is 0 Å². The number of nitrogens with zero attached hydrogens (tertiary/aromatic N) is 2. The second-order valence-electron chi connectivity index (χ2n) is 5.48. The van der Waals surface area contributed by atoms with Crippen molar-refractivity contribution in [2.24, 2.45) is 0 Å². The number of amides is 1. The van der Waals surface area contributed by atoms with Crippen molar-refractivity contribution < 1.29 is 13.2 Å². The van der Waals surface area contributed by atoms with E-state index in [0.29, 0.717) is 19.5 Å². The van der Waals surface area contributed by atoms with Crippen molar-refractivity contribution >= 4 is 15.9 Å². The van der Waals surface area contributed by atoms with Gasteiger partial charge in [-0.15, -0.1) is 0 Å². The molecule has 0 radical (unpaired) electrons. The van der Waals surface area contributed by atoms with E-state index in [9.17, 15) is 13.2 Å². The van der Waals surface area contributed by atoms with Gasteiger partial charge in [0.2, 0.25) is 5.91 Å². The quantitative estimate of drug-likeness (QED) is 0.848. The number of piperidine rings is 1. The number of rotatable bonds is 5. The van der Waals surface area contributed by atoms with Crippen LogP contribution in [0.2, 0.25) is 0 Å². The maximum atomic E-state index is 12.6. The van der Waals surface area contributed by atoms with Gasteiger partial charge in [0.15, 0.2) is 5.03 Å². The molecule has 0 spiro atoms. The highest BCUT2D eigenvalue weighted by Crippen LogP contribution is 2.17. The fourth-order valence-corrected chi connectivity index (χ4v) is 3.78. The standard InChI is InChI=1S/C15H18N4O3S/c20-15-13(18-23(21,22)14-9-16-11-17-14)7-4-8-19(15)10-12-5-2-1-3-6-12/h1-3,5-6,9,11,13,18H,4,7-8,10H2,(H,16,17). The zero-order valence-corrected chi connectivity index (χ0v) is 13.3. The zero-order valence-electron chi connectivity index (χ0n) is 12.5. The Morgan fingerprint density at radius 1 is 1.30 bits per heavy atom. The smallest absolute Gasteiger partial charge is 0.258 e. The van der Waals surface area contributed by atoms with Crippen LogP contribution in [0.4, 0.5) is 0 Å². The van der Waals surface area contributed by atoms with Gasteiger partial charge in [-0.2, -0.15) is 4.72 Å². The van der Waals surface area contributed by atoms with Crippen molar-refractivity contribution in [1.29, 1.82) is 0 Å². The monoisotopic (exact) mass is 334 g/mol. The summed E-state index contributed by atoms with van der Waals surface area (Å²) in [6.45, 7) is 1.12. The Balaban J connectivity index is 1.70. The molecule has 2 aromatic rings. The third kappa shape index (κ3) is 3.59. The third-order valence-corrected chi connectivity index (χ3v) is 5.20. The molecule has 1 aromatic carbocycles. The van der Waals surface area contributed by atoms with Crippen molar-refractivity contribution in [2.75, 3.05) is 6.54 Å². The van der Waals surface area contributed by atoms with Gasteiger partial charge in [0.05, 0.1) is 12.5 Å². The van der Waals surface area contributed by atoms with Gasteiger partial charge >= 0.3 is 0 Å². The fraction of sp³-hybridized carbons (Fsp3) is 0.333. The molecule has 2 N–H and O–H groups in total. The SMILES string of the molecule is O=C1C(NS(=O)(=O)c2cnc[nH]2)CCCN1Cc1ccccc1. The summed E-state index contributed by atoms with van der Waals surface area (Å²) in [5.41, 5.74) is 1.03. The Hall–Kier alpha value is -2.19. The minimum atomic E-state index is -3.76. The number of H-pyrrole nitrogens is 1. The Morgan fingerprint density at radius 2 is 2.09 bits per heavy atom. The first-order valence-corrected chi connectivity index (χ1v) is 8.88. The largest absolute Gasteiger partial charge is 0.337 e. The summed E-state index contributed by atoms with van der Waals surface area (Å²) >= 11 is 0. The predicted octanol–water partition coefficient (Wildman–Crippen LogP) is 0.879. The van der Waals surface area contributed by atoms with Gasteiger partial charge in [-0.25, -0.2) is 13.4 Å². The van der Waals surface area contributed by atoms with E-state index < -0.39 is 16.1 Å². The summed E-state index contributed by atoms with van der Waals surface area (Å²) in [7, 11) is -3.76. The van der Waals surface area contributed by atoms with Gasteiger partial charge in [-0.1, -0.05) is 30.3 Å². The van der Waals surface area contributed by atoms with Crippen molar-refractivity contribution in [1.82, 2.24) is 19.6 Å². The zero-order chi connectivity index (χ0) is 16.3. The Bertz CT molecular complexity index is 759. The van der Waals surface area contributed by atoms with Crippen LogP contribution in [0.5, 0.6) is 0 Å². The van der Waals surface area contributed by atoms with Crippen LogP contribution < -0.4 is 4.72 Å². The minimum absolute atomic E-state index is 0.0366. The number of likely N-dealkylation sites (tertiary alicyclic amines) is 1. The lowest BCUT2D eigenvalue weighted by molar-refractivity contribution is -0.136. The topological polar surface area (TPSA) is 95.2 Å². The maximum absolute atomic E-state index is 12.6. The van der Waals surface area contributed by atoms with Crippen LogP contribution in [0.1, 0.15) is 18.4 Å². The van der Waals surface area contributed by atoms with Gasteiger partial charge in [0.1, 0.15) is 6.04 Å². The number of sulfonamides is 1. The van der Waals surface area contributed by atoms with Gasteiger partial charge < -0.3 is 9.88 Å². The van der Waals surface area contributed by atoms with Gasteiger partial charge in [-0.3, -0.25) is 4.79 Å². The van der Waals surface area contributed by atoms with Gasteiger partial charge in [0.25, 0.3) is 10.0 Å². The first kappa shape index (κ1) is 15.7. The summed E-state index contributed by atoms with van der Waals surface area (Å²) in [6.07, 6.45) is 3.77. The molecule has 1 amide bonds. The molecule has 1 unspecified atom stereocenters. The summed E-state index contributed by atoms with van der Waals surface area (Å²) in [6, 6.07) is 8.92. The first-order valence-electron chi connectivity index (χ1n) is 7.40. The molecule has 8 heteroatoms. The number of benzene rings is 1. The van der Waals surface area contributed by atoms with Crippen LogP contribution in [-0.2, 0) is 21.4 Å². The third-order valence-electron chi connectivity index (χ3n) is 3.81. The van der Waals surface area contributed by atoms with Crippen LogP contribution >= 0.6 is 0 Å². The lowest BCUT2D eigenvalue weighted by atomic mass is 10.0. The number of hydrogen-bond acceptors (Lipinski definition) is 4. The van der Waals surface area contributed by atoms with Crippen molar-refractivity contribution in [3.63, 3.8) is 0 Å². The lowest BCUT2D eigenvalue weighted by Gasteiger charge is -2.32. The molecule has 1 aromatic heterocycles. The van der Waals surface area contributed by atoms with E-state index >= 15 is 0 Å². The Morgan fingerprint density at radius 3 is 2.78 bits per heavy atom. The van der Waals surface area contributed by atoms with E-state index in [1.165, 1.54) is 12.5 Å². The average molecular weight is 334 g/mol. The van der Waals surface area contributed by atoms with E-state index in [1.54, 1.807) is 4.90 Å². The normalized spacial score (nSPS) is 19.0. The number of carbonyl (C=O) groups is 1. The van der Waals surface area contributed by atoms with Crippen LogP contribution in [0.25, 0.3) is 0 Å². The van der Waals surface area contributed by atoms with Gasteiger partial charge in [-0.05, 0) is 18.4 Å². The molecular formula is C15H18N4O3S. The van der Waals surface area contributed by atoms with E-state index in [0.717, 1.165) is 12.0 Å². The number of nitrogens with one attached hydrogen (secondary N) is 2. The number of aromatic amines is 1. The second-order valence-corrected chi connectivity index (χ2v) is 7.16. The molecule has 122 valence electrons. The molecule has 1 saturated heterocycles. The lowest BCUT2D eigenvalue weighted by Crippen LogP contribution is -2.51. The highest BCUT2D eigenvalue weighted by molar-refractivity contribution is 7.89. The number of imidazole rings is 1.